The van der Waals surface area contributed by atoms with Crippen LogP contribution in [0.2, 0.25) is 5.28 Å². The van der Waals surface area contributed by atoms with Crippen molar-refractivity contribution in [2.45, 2.75) is 6.92 Å². The second kappa shape index (κ2) is 4.72. The zero-order valence-electron chi connectivity index (χ0n) is 7.75. The summed E-state index contributed by atoms with van der Waals surface area (Å²) in [5.41, 5.74) is 0.929. The molecule has 0 saturated heterocycles. The summed E-state index contributed by atoms with van der Waals surface area (Å²) in [4.78, 5) is 19.0. The van der Waals surface area contributed by atoms with Gasteiger partial charge in [-0.25, -0.2) is 9.97 Å². The molecular weight excluding hydrogens is 202 g/mol. The van der Waals surface area contributed by atoms with Gasteiger partial charge in [0.05, 0.1) is 0 Å². The number of hydrogen-bond acceptors (Lipinski definition) is 3. The zero-order valence-corrected chi connectivity index (χ0v) is 8.51. The van der Waals surface area contributed by atoms with Gasteiger partial charge in [0, 0.05) is 12.2 Å². The van der Waals surface area contributed by atoms with Crippen LogP contribution in [0.15, 0.2) is 18.7 Å². The molecule has 1 amide bonds. The quantitative estimate of drug-likeness (QED) is 0.607. The molecule has 1 aromatic heterocycles. The molecular formula is C9H10ClN3O. The van der Waals surface area contributed by atoms with Crippen molar-refractivity contribution in [1.29, 1.82) is 0 Å². The molecule has 0 aliphatic carbocycles. The number of halogens is 1. The van der Waals surface area contributed by atoms with E-state index in [4.69, 9.17) is 11.6 Å². The standard InChI is InChI=1S/C9H10ClN3O/c1-3-4-11-8(14)7-5-6(2)12-9(10)13-7/h3,5H,1,4H2,2H3,(H,11,14). The van der Waals surface area contributed by atoms with Crippen molar-refractivity contribution in [2.24, 2.45) is 0 Å². The van der Waals surface area contributed by atoms with Crippen molar-refractivity contribution >= 4 is 17.5 Å². The first-order valence-corrected chi connectivity index (χ1v) is 4.41. The van der Waals surface area contributed by atoms with Crippen molar-refractivity contribution in [3.63, 3.8) is 0 Å². The summed E-state index contributed by atoms with van der Waals surface area (Å²) >= 11 is 5.61. The summed E-state index contributed by atoms with van der Waals surface area (Å²) in [7, 11) is 0. The molecule has 5 heteroatoms. The number of hydrogen-bond donors (Lipinski definition) is 1. The monoisotopic (exact) mass is 211 g/mol. The summed E-state index contributed by atoms with van der Waals surface area (Å²) in [6.07, 6.45) is 1.59. The lowest BCUT2D eigenvalue weighted by Crippen LogP contribution is -2.24. The minimum atomic E-state index is -0.280. The topological polar surface area (TPSA) is 54.9 Å². The molecule has 0 unspecified atom stereocenters. The van der Waals surface area contributed by atoms with Gasteiger partial charge in [0.2, 0.25) is 5.28 Å². The number of aromatic nitrogens is 2. The SMILES string of the molecule is C=CCNC(=O)c1cc(C)nc(Cl)n1. The third kappa shape index (κ3) is 2.81. The number of nitrogens with one attached hydrogen (secondary N) is 1. The molecule has 4 nitrogen and oxygen atoms in total. The van der Waals surface area contributed by atoms with E-state index in [0.717, 1.165) is 0 Å². The molecule has 0 saturated carbocycles. The highest BCUT2D eigenvalue weighted by atomic mass is 35.5. The molecule has 0 fully saturated rings. The Morgan fingerprint density at radius 1 is 1.71 bits per heavy atom. The van der Waals surface area contributed by atoms with Crippen molar-refractivity contribution in [3.05, 3.63) is 35.4 Å². The average Bonchev–Trinajstić information content (AvgIpc) is 2.12. The van der Waals surface area contributed by atoms with Gasteiger partial charge in [-0.1, -0.05) is 6.08 Å². The molecule has 74 valence electrons. The number of carbonyl (C=O) groups is 1. The zero-order chi connectivity index (χ0) is 10.6. The predicted molar refractivity (Wildman–Crippen MR) is 54.3 cm³/mol. The van der Waals surface area contributed by atoms with Gasteiger partial charge in [-0.2, -0.15) is 0 Å². The van der Waals surface area contributed by atoms with Crippen molar-refractivity contribution in [1.82, 2.24) is 15.3 Å². The Morgan fingerprint density at radius 3 is 3.00 bits per heavy atom. The van der Waals surface area contributed by atoms with Crippen LogP contribution < -0.4 is 5.32 Å². The normalized spacial score (nSPS) is 9.57. The van der Waals surface area contributed by atoms with E-state index in [0.29, 0.717) is 12.2 Å². The molecule has 0 aliphatic heterocycles. The van der Waals surface area contributed by atoms with Crippen LogP contribution in [0.3, 0.4) is 0 Å². The third-order valence-electron chi connectivity index (χ3n) is 1.47. The molecule has 0 aromatic carbocycles. The minimum absolute atomic E-state index is 0.0775. The van der Waals surface area contributed by atoms with Gasteiger partial charge < -0.3 is 5.32 Å². The Morgan fingerprint density at radius 2 is 2.43 bits per heavy atom. The Hall–Kier alpha value is -1.42. The number of carbonyl (C=O) groups excluding carboxylic acids is 1. The van der Waals surface area contributed by atoms with Crippen LogP contribution in [0, 0.1) is 6.92 Å². The van der Waals surface area contributed by atoms with Crippen LogP contribution in [0.4, 0.5) is 0 Å². The first-order valence-electron chi connectivity index (χ1n) is 4.03. The molecule has 14 heavy (non-hydrogen) atoms. The van der Waals surface area contributed by atoms with Crippen molar-refractivity contribution in [3.8, 4) is 0 Å². The Kier molecular flexibility index (Phi) is 3.59. The maximum atomic E-state index is 11.4. The maximum Gasteiger partial charge on any atom is 0.270 e. The van der Waals surface area contributed by atoms with Crippen molar-refractivity contribution < 1.29 is 4.79 Å². The molecule has 1 heterocycles. The Labute approximate surface area is 87.0 Å². The lowest BCUT2D eigenvalue weighted by atomic mass is 10.3. The van der Waals surface area contributed by atoms with E-state index in [9.17, 15) is 4.79 Å². The predicted octanol–water partition coefficient (Wildman–Crippen LogP) is 1.35. The average molecular weight is 212 g/mol. The maximum absolute atomic E-state index is 11.4. The lowest BCUT2D eigenvalue weighted by molar-refractivity contribution is 0.0953. The van der Waals surface area contributed by atoms with Gasteiger partial charge >= 0.3 is 0 Å². The number of aryl methyl sites for hydroxylation is 1. The third-order valence-corrected chi connectivity index (χ3v) is 1.64. The molecule has 0 atom stereocenters. The smallest absolute Gasteiger partial charge is 0.270 e. The number of amides is 1. The highest BCUT2D eigenvalue weighted by Crippen LogP contribution is 2.04. The Balaban J connectivity index is 2.84. The van der Waals surface area contributed by atoms with E-state index in [2.05, 4.69) is 21.9 Å². The first kappa shape index (κ1) is 10.7. The van der Waals surface area contributed by atoms with E-state index in [1.165, 1.54) is 0 Å². The van der Waals surface area contributed by atoms with Crippen LogP contribution in [0.5, 0.6) is 0 Å². The number of nitrogens with zero attached hydrogens (tertiary/aromatic N) is 2. The van der Waals surface area contributed by atoms with Gasteiger partial charge in [-0.3, -0.25) is 4.79 Å². The molecule has 0 aliphatic rings. The van der Waals surface area contributed by atoms with Crippen LogP contribution in [0.1, 0.15) is 16.2 Å². The van der Waals surface area contributed by atoms with E-state index >= 15 is 0 Å². The van der Waals surface area contributed by atoms with Gasteiger partial charge in [-0.15, -0.1) is 6.58 Å². The van der Waals surface area contributed by atoms with Crippen molar-refractivity contribution in [2.75, 3.05) is 6.54 Å². The highest BCUT2D eigenvalue weighted by molar-refractivity contribution is 6.28. The van der Waals surface area contributed by atoms with Crippen LogP contribution in [-0.4, -0.2) is 22.4 Å². The highest BCUT2D eigenvalue weighted by Gasteiger charge is 2.07. The van der Waals surface area contributed by atoms with Crippen LogP contribution in [0.25, 0.3) is 0 Å². The van der Waals surface area contributed by atoms with E-state index in [1.54, 1.807) is 19.1 Å². The Bertz CT molecular complexity index is 345. The van der Waals surface area contributed by atoms with E-state index < -0.39 is 0 Å². The molecule has 0 spiro atoms. The summed E-state index contributed by atoms with van der Waals surface area (Å²) in [5, 5.41) is 2.67. The summed E-state index contributed by atoms with van der Waals surface area (Å²) < 4.78 is 0. The second-order valence-electron chi connectivity index (χ2n) is 2.66. The van der Waals surface area contributed by atoms with E-state index in [-0.39, 0.29) is 16.9 Å². The van der Waals surface area contributed by atoms with Gasteiger partial charge in [0.1, 0.15) is 5.69 Å². The second-order valence-corrected chi connectivity index (χ2v) is 3.00. The minimum Gasteiger partial charge on any atom is -0.347 e. The first-order chi connectivity index (χ1) is 6.63. The fraction of sp³-hybridized carbons (Fsp3) is 0.222. The van der Waals surface area contributed by atoms with Crippen LogP contribution in [-0.2, 0) is 0 Å². The molecule has 1 aromatic rings. The molecule has 0 radical (unpaired) electrons. The summed E-state index contributed by atoms with van der Waals surface area (Å²) in [5.74, 6) is -0.280. The fourth-order valence-corrected chi connectivity index (χ4v) is 1.13. The van der Waals surface area contributed by atoms with Gasteiger partial charge in [0.15, 0.2) is 0 Å². The van der Waals surface area contributed by atoms with Gasteiger partial charge in [0.25, 0.3) is 5.91 Å². The van der Waals surface area contributed by atoms with E-state index in [1.807, 2.05) is 0 Å². The summed E-state index contributed by atoms with van der Waals surface area (Å²) in [6, 6.07) is 1.57. The largest absolute Gasteiger partial charge is 0.347 e. The van der Waals surface area contributed by atoms with Crippen LogP contribution >= 0.6 is 11.6 Å². The molecule has 1 rings (SSSR count). The van der Waals surface area contributed by atoms with Gasteiger partial charge in [-0.05, 0) is 24.6 Å². The lowest BCUT2D eigenvalue weighted by Gasteiger charge is -2.02. The molecule has 0 bridgehead atoms. The number of rotatable bonds is 3. The summed E-state index contributed by atoms with van der Waals surface area (Å²) in [6.45, 7) is 5.64. The fourth-order valence-electron chi connectivity index (χ4n) is 0.904. The molecule has 1 N–H and O–H groups in total.